The first-order valence-corrected chi connectivity index (χ1v) is 6.32. The zero-order valence-electron chi connectivity index (χ0n) is 9.53. The molecule has 0 saturated carbocycles. The Bertz CT molecular complexity index is 691. The Morgan fingerprint density at radius 2 is 2.17 bits per heavy atom. The Balaban J connectivity index is 2.74. The molecule has 0 aliphatic rings. The molecule has 2 aromatic rings. The van der Waals surface area contributed by atoms with Crippen LogP contribution in [0.2, 0.25) is 0 Å². The summed E-state index contributed by atoms with van der Waals surface area (Å²) in [5.41, 5.74) is 0.328. The number of hydrogen-bond acceptors (Lipinski definition) is 4. The van der Waals surface area contributed by atoms with Gasteiger partial charge in [0.15, 0.2) is 5.16 Å². The van der Waals surface area contributed by atoms with Gasteiger partial charge in [-0.1, -0.05) is 23.9 Å². The molecule has 0 aliphatic carbocycles. The molecular weight excluding hydrogens is 252 g/mol. The smallest absolute Gasteiger partial charge is 0.329 e. The summed E-state index contributed by atoms with van der Waals surface area (Å²) < 4.78 is 1.24. The Morgan fingerprint density at radius 3 is 2.83 bits per heavy atom. The summed E-state index contributed by atoms with van der Waals surface area (Å²) in [6, 6.07) is 6.97. The highest BCUT2D eigenvalue weighted by Gasteiger charge is 2.07. The van der Waals surface area contributed by atoms with Crippen LogP contribution < -0.4 is 5.56 Å². The summed E-state index contributed by atoms with van der Waals surface area (Å²) >= 11 is 1.28. The van der Waals surface area contributed by atoms with Crippen molar-refractivity contribution in [3.63, 3.8) is 0 Å². The number of hydrogen-bond donors (Lipinski definition) is 1. The predicted molar refractivity (Wildman–Crippen MR) is 70.7 cm³/mol. The van der Waals surface area contributed by atoms with Gasteiger partial charge in [0, 0.05) is 12.3 Å². The number of carboxylic acids is 1. The van der Waals surface area contributed by atoms with Gasteiger partial charge in [-0.3, -0.25) is 9.36 Å². The van der Waals surface area contributed by atoms with Gasteiger partial charge >= 0.3 is 5.97 Å². The number of carbonyl (C=O) groups is 1. The molecular formula is C12H10N2O3S. The molecule has 0 unspecified atom stereocenters. The van der Waals surface area contributed by atoms with Gasteiger partial charge in [-0.15, -0.1) is 0 Å². The molecule has 6 heteroatoms. The van der Waals surface area contributed by atoms with Crippen LogP contribution in [0.3, 0.4) is 0 Å². The molecule has 0 bridgehead atoms. The highest BCUT2D eigenvalue weighted by atomic mass is 32.2. The Kier molecular flexibility index (Phi) is 3.47. The largest absolute Gasteiger partial charge is 0.478 e. The van der Waals surface area contributed by atoms with Crippen molar-refractivity contribution in [1.29, 1.82) is 0 Å². The van der Waals surface area contributed by atoms with E-state index in [0.29, 0.717) is 16.1 Å². The summed E-state index contributed by atoms with van der Waals surface area (Å²) in [5, 5.41) is 9.53. The normalized spacial score (nSPS) is 11.2. The van der Waals surface area contributed by atoms with Crippen molar-refractivity contribution in [3.05, 3.63) is 40.7 Å². The van der Waals surface area contributed by atoms with Crippen LogP contribution >= 0.6 is 11.8 Å². The molecule has 1 N–H and O–H groups in total. The van der Waals surface area contributed by atoms with Crippen molar-refractivity contribution < 1.29 is 9.90 Å². The van der Waals surface area contributed by atoms with Crippen molar-refractivity contribution in [2.24, 2.45) is 0 Å². The number of para-hydroxylation sites is 1. The first-order valence-electron chi connectivity index (χ1n) is 5.10. The average Bonchev–Trinajstić information content (AvgIpc) is 2.37. The maximum Gasteiger partial charge on any atom is 0.329 e. The number of benzene rings is 1. The Hall–Kier alpha value is -2.08. The van der Waals surface area contributed by atoms with Crippen LogP contribution in [-0.4, -0.2) is 26.9 Å². The molecule has 1 heterocycles. The highest BCUT2D eigenvalue weighted by Crippen LogP contribution is 2.15. The van der Waals surface area contributed by atoms with Crippen molar-refractivity contribution in [3.8, 4) is 0 Å². The van der Waals surface area contributed by atoms with Crippen LogP contribution in [0, 0.1) is 0 Å². The van der Waals surface area contributed by atoms with E-state index in [2.05, 4.69) is 4.98 Å². The Labute approximate surface area is 107 Å². The molecule has 2 rings (SSSR count). The van der Waals surface area contributed by atoms with Crippen molar-refractivity contribution in [2.75, 3.05) is 6.26 Å². The number of rotatable bonds is 3. The molecule has 0 saturated heterocycles. The van der Waals surface area contributed by atoms with E-state index >= 15 is 0 Å². The Morgan fingerprint density at radius 1 is 1.44 bits per heavy atom. The standard InChI is InChI=1S/C12H10N2O3S/c1-18-12-13-9-5-3-2-4-8(9)11(17)14(12)7-6-10(15)16/h2-7H,1H3,(H,15,16)/b7-6+. The van der Waals surface area contributed by atoms with Crippen LogP contribution in [0.1, 0.15) is 0 Å². The molecule has 0 fully saturated rings. The SMILES string of the molecule is CSc1nc2ccccc2c(=O)n1/C=C/C(=O)O. The van der Waals surface area contributed by atoms with Gasteiger partial charge < -0.3 is 5.11 Å². The van der Waals surface area contributed by atoms with E-state index in [1.54, 1.807) is 30.5 Å². The molecule has 1 aromatic heterocycles. The second-order valence-corrected chi connectivity index (χ2v) is 4.22. The highest BCUT2D eigenvalue weighted by molar-refractivity contribution is 7.98. The molecule has 92 valence electrons. The fourth-order valence-electron chi connectivity index (χ4n) is 1.54. The second kappa shape index (κ2) is 5.05. The first-order chi connectivity index (χ1) is 8.63. The zero-order chi connectivity index (χ0) is 13.1. The summed E-state index contributed by atoms with van der Waals surface area (Å²) in [6.45, 7) is 0. The summed E-state index contributed by atoms with van der Waals surface area (Å²) in [7, 11) is 0. The number of nitrogens with zero attached hydrogens (tertiary/aromatic N) is 2. The molecule has 0 radical (unpaired) electrons. The topological polar surface area (TPSA) is 72.2 Å². The van der Waals surface area contributed by atoms with Crippen LogP contribution in [0.5, 0.6) is 0 Å². The van der Waals surface area contributed by atoms with Crippen LogP contribution in [-0.2, 0) is 4.79 Å². The van der Waals surface area contributed by atoms with E-state index in [4.69, 9.17) is 5.11 Å². The second-order valence-electron chi connectivity index (χ2n) is 3.44. The lowest BCUT2D eigenvalue weighted by molar-refractivity contribution is -0.131. The van der Waals surface area contributed by atoms with E-state index in [0.717, 1.165) is 6.08 Å². The van der Waals surface area contributed by atoms with Crippen LogP contribution in [0.15, 0.2) is 40.3 Å². The van der Waals surface area contributed by atoms with Crippen molar-refractivity contribution in [2.45, 2.75) is 5.16 Å². The predicted octanol–water partition coefficient (Wildman–Crippen LogP) is 1.67. The molecule has 1 aromatic carbocycles. The number of aromatic nitrogens is 2. The lowest BCUT2D eigenvalue weighted by Gasteiger charge is -2.06. The fraction of sp³-hybridized carbons (Fsp3) is 0.0833. The third-order valence-corrected chi connectivity index (χ3v) is 2.98. The van der Waals surface area contributed by atoms with Crippen molar-refractivity contribution >= 4 is 34.8 Å². The quantitative estimate of drug-likeness (QED) is 0.517. The summed E-state index contributed by atoms with van der Waals surface area (Å²) in [4.78, 5) is 27.0. The number of carboxylic acid groups (broad SMARTS) is 1. The van der Waals surface area contributed by atoms with Gasteiger partial charge in [0.1, 0.15) is 0 Å². The van der Waals surface area contributed by atoms with E-state index in [9.17, 15) is 9.59 Å². The maximum absolute atomic E-state index is 12.2. The lowest BCUT2D eigenvalue weighted by atomic mass is 10.2. The van der Waals surface area contributed by atoms with E-state index in [-0.39, 0.29) is 5.56 Å². The summed E-state index contributed by atoms with van der Waals surface area (Å²) in [5.74, 6) is -1.11. The van der Waals surface area contributed by atoms with Crippen LogP contribution in [0.4, 0.5) is 0 Å². The van der Waals surface area contributed by atoms with Gasteiger partial charge in [-0.05, 0) is 18.4 Å². The number of thioether (sulfide) groups is 1. The number of fused-ring (bicyclic) bond motifs is 1. The average molecular weight is 262 g/mol. The molecule has 5 nitrogen and oxygen atoms in total. The molecule has 18 heavy (non-hydrogen) atoms. The molecule has 0 spiro atoms. The monoisotopic (exact) mass is 262 g/mol. The van der Waals surface area contributed by atoms with E-state index in [1.165, 1.54) is 22.5 Å². The minimum atomic E-state index is -1.11. The zero-order valence-corrected chi connectivity index (χ0v) is 10.3. The van der Waals surface area contributed by atoms with Gasteiger partial charge in [-0.25, -0.2) is 9.78 Å². The van der Waals surface area contributed by atoms with E-state index < -0.39 is 5.97 Å². The third-order valence-electron chi connectivity index (χ3n) is 2.32. The maximum atomic E-state index is 12.2. The molecule has 0 atom stereocenters. The molecule has 0 aliphatic heterocycles. The third kappa shape index (κ3) is 2.28. The van der Waals surface area contributed by atoms with Gasteiger partial charge in [0.05, 0.1) is 10.9 Å². The minimum absolute atomic E-state index is 0.276. The van der Waals surface area contributed by atoms with Crippen LogP contribution in [0.25, 0.3) is 17.1 Å². The molecule has 0 amide bonds. The minimum Gasteiger partial charge on any atom is -0.478 e. The number of aliphatic carboxylic acids is 1. The van der Waals surface area contributed by atoms with Gasteiger partial charge in [0.25, 0.3) is 5.56 Å². The summed E-state index contributed by atoms with van der Waals surface area (Å²) in [6.07, 6.45) is 3.91. The van der Waals surface area contributed by atoms with Gasteiger partial charge in [0.2, 0.25) is 0 Å². The first kappa shape index (κ1) is 12.4. The van der Waals surface area contributed by atoms with Gasteiger partial charge in [-0.2, -0.15) is 0 Å². The fourth-order valence-corrected chi connectivity index (χ4v) is 2.07. The lowest BCUT2D eigenvalue weighted by Crippen LogP contribution is -2.19. The van der Waals surface area contributed by atoms with Crippen molar-refractivity contribution in [1.82, 2.24) is 9.55 Å². The van der Waals surface area contributed by atoms with E-state index in [1.807, 2.05) is 0 Å².